The molecule has 0 radical (unpaired) electrons. The van der Waals surface area contributed by atoms with E-state index in [9.17, 15) is 5.11 Å². The summed E-state index contributed by atoms with van der Waals surface area (Å²) in [7, 11) is 0. The minimum absolute atomic E-state index is 0.144. The number of halogens is 1. The average molecular weight is 274 g/mol. The van der Waals surface area contributed by atoms with Crippen molar-refractivity contribution in [2.75, 3.05) is 0 Å². The predicted octanol–water partition coefficient (Wildman–Crippen LogP) is 4.11. The van der Waals surface area contributed by atoms with Gasteiger partial charge in [0.1, 0.15) is 6.61 Å². The zero-order valence-electron chi connectivity index (χ0n) is 10.1. The van der Waals surface area contributed by atoms with E-state index in [0.29, 0.717) is 17.4 Å². The first kappa shape index (κ1) is 11.9. The molecule has 96 valence electrons. The number of ether oxygens (including phenoxy) is 1. The van der Waals surface area contributed by atoms with Crippen molar-refractivity contribution in [2.45, 2.75) is 6.61 Å². The van der Waals surface area contributed by atoms with Crippen molar-refractivity contribution in [3.8, 4) is 11.5 Å². The lowest BCUT2D eigenvalue weighted by atomic mass is 10.2. The van der Waals surface area contributed by atoms with Crippen molar-refractivity contribution in [3.05, 3.63) is 59.2 Å². The van der Waals surface area contributed by atoms with E-state index in [2.05, 4.69) is 4.98 Å². The van der Waals surface area contributed by atoms with Gasteiger partial charge in [-0.2, -0.15) is 0 Å². The molecule has 3 rings (SSSR count). The Labute approximate surface area is 115 Å². The van der Waals surface area contributed by atoms with E-state index >= 15 is 0 Å². The first-order valence-electron chi connectivity index (χ1n) is 5.90. The minimum Gasteiger partial charge on any atom is -0.504 e. The smallest absolute Gasteiger partial charge is 0.161 e. The van der Waals surface area contributed by atoms with Crippen LogP contribution in [0.3, 0.4) is 0 Å². The Morgan fingerprint density at radius 2 is 2.00 bits per heavy atom. The SMILES string of the molecule is Oc1ccccc1OCc1c[nH]c2cc(Cl)ccc12. The van der Waals surface area contributed by atoms with E-state index in [1.165, 1.54) is 0 Å². The van der Waals surface area contributed by atoms with Gasteiger partial charge in [0.25, 0.3) is 0 Å². The topological polar surface area (TPSA) is 45.2 Å². The Morgan fingerprint density at radius 3 is 2.84 bits per heavy atom. The average Bonchev–Trinajstić information content (AvgIpc) is 2.80. The molecular formula is C15H12ClNO2. The molecule has 0 aliphatic heterocycles. The highest BCUT2D eigenvalue weighted by Gasteiger charge is 2.06. The van der Waals surface area contributed by atoms with Crippen LogP contribution < -0.4 is 4.74 Å². The molecule has 3 nitrogen and oxygen atoms in total. The number of H-pyrrole nitrogens is 1. The number of phenols is 1. The summed E-state index contributed by atoms with van der Waals surface area (Å²) >= 11 is 5.94. The van der Waals surface area contributed by atoms with Gasteiger partial charge in [-0.25, -0.2) is 0 Å². The maximum atomic E-state index is 9.64. The lowest BCUT2D eigenvalue weighted by Gasteiger charge is -2.06. The van der Waals surface area contributed by atoms with Gasteiger partial charge in [-0.3, -0.25) is 0 Å². The molecular weight excluding hydrogens is 262 g/mol. The number of aromatic amines is 1. The molecule has 0 saturated carbocycles. The lowest BCUT2D eigenvalue weighted by Crippen LogP contribution is -1.94. The molecule has 0 amide bonds. The van der Waals surface area contributed by atoms with E-state index in [1.54, 1.807) is 18.2 Å². The Morgan fingerprint density at radius 1 is 1.16 bits per heavy atom. The minimum atomic E-state index is 0.144. The van der Waals surface area contributed by atoms with Crippen LogP contribution >= 0.6 is 11.6 Å². The molecule has 0 aliphatic rings. The van der Waals surface area contributed by atoms with Crippen LogP contribution in [0.15, 0.2) is 48.7 Å². The molecule has 3 aromatic rings. The van der Waals surface area contributed by atoms with E-state index in [1.807, 2.05) is 30.5 Å². The number of nitrogens with one attached hydrogen (secondary N) is 1. The zero-order chi connectivity index (χ0) is 13.2. The second kappa shape index (κ2) is 4.86. The fraction of sp³-hybridized carbons (Fsp3) is 0.0667. The number of fused-ring (bicyclic) bond motifs is 1. The van der Waals surface area contributed by atoms with Crippen molar-refractivity contribution in [3.63, 3.8) is 0 Å². The first-order chi connectivity index (χ1) is 9.24. The van der Waals surface area contributed by atoms with Crippen molar-refractivity contribution in [1.82, 2.24) is 4.98 Å². The number of para-hydroxylation sites is 2. The number of phenolic OH excluding ortho intramolecular Hbond substituents is 1. The second-order valence-electron chi connectivity index (χ2n) is 4.26. The fourth-order valence-electron chi connectivity index (χ4n) is 2.01. The lowest BCUT2D eigenvalue weighted by molar-refractivity contribution is 0.290. The summed E-state index contributed by atoms with van der Waals surface area (Å²) in [6, 6.07) is 12.6. The quantitative estimate of drug-likeness (QED) is 0.754. The van der Waals surface area contributed by atoms with Crippen molar-refractivity contribution in [1.29, 1.82) is 0 Å². The Kier molecular flexibility index (Phi) is 3.05. The molecule has 0 unspecified atom stereocenters. The van der Waals surface area contributed by atoms with Crippen molar-refractivity contribution < 1.29 is 9.84 Å². The Balaban J connectivity index is 1.84. The van der Waals surface area contributed by atoms with Crippen LogP contribution in [-0.2, 0) is 6.61 Å². The maximum Gasteiger partial charge on any atom is 0.161 e. The van der Waals surface area contributed by atoms with Gasteiger partial charge >= 0.3 is 0 Å². The summed E-state index contributed by atoms with van der Waals surface area (Å²) in [6.07, 6.45) is 1.89. The van der Waals surface area contributed by atoms with Crippen LogP contribution in [0.4, 0.5) is 0 Å². The molecule has 2 N–H and O–H groups in total. The second-order valence-corrected chi connectivity index (χ2v) is 4.70. The van der Waals surface area contributed by atoms with E-state index < -0.39 is 0 Å². The van der Waals surface area contributed by atoms with Crippen LogP contribution in [-0.4, -0.2) is 10.1 Å². The highest BCUT2D eigenvalue weighted by atomic mass is 35.5. The number of rotatable bonds is 3. The molecule has 0 aliphatic carbocycles. The molecule has 0 saturated heterocycles. The zero-order valence-corrected chi connectivity index (χ0v) is 10.8. The molecule has 4 heteroatoms. The Hall–Kier alpha value is -2.13. The number of hydrogen-bond donors (Lipinski definition) is 2. The number of hydrogen-bond acceptors (Lipinski definition) is 2. The van der Waals surface area contributed by atoms with Crippen LogP contribution in [0, 0.1) is 0 Å². The maximum absolute atomic E-state index is 9.64. The normalized spacial score (nSPS) is 10.8. The van der Waals surface area contributed by atoms with Crippen LogP contribution in [0.1, 0.15) is 5.56 Å². The molecule has 0 spiro atoms. The number of aromatic hydroxyl groups is 1. The molecule has 0 fully saturated rings. The van der Waals surface area contributed by atoms with Crippen LogP contribution in [0.5, 0.6) is 11.5 Å². The third kappa shape index (κ3) is 2.37. The molecule has 2 aromatic carbocycles. The van der Waals surface area contributed by atoms with Gasteiger partial charge in [0.05, 0.1) is 0 Å². The molecule has 19 heavy (non-hydrogen) atoms. The van der Waals surface area contributed by atoms with Gasteiger partial charge in [0.2, 0.25) is 0 Å². The van der Waals surface area contributed by atoms with Crippen LogP contribution in [0.25, 0.3) is 10.9 Å². The number of benzene rings is 2. The van der Waals surface area contributed by atoms with E-state index in [-0.39, 0.29) is 5.75 Å². The molecule has 1 aromatic heterocycles. The summed E-state index contributed by atoms with van der Waals surface area (Å²) in [5, 5.41) is 11.4. The monoisotopic (exact) mass is 273 g/mol. The summed E-state index contributed by atoms with van der Waals surface area (Å²) in [5.41, 5.74) is 2.00. The van der Waals surface area contributed by atoms with Gasteiger partial charge in [-0.1, -0.05) is 29.8 Å². The van der Waals surface area contributed by atoms with Crippen LogP contribution in [0.2, 0.25) is 5.02 Å². The highest BCUT2D eigenvalue weighted by molar-refractivity contribution is 6.31. The first-order valence-corrected chi connectivity index (χ1v) is 6.28. The Bertz CT molecular complexity index is 721. The van der Waals surface area contributed by atoms with Gasteiger partial charge < -0.3 is 14.8 Å². The van der Waals surface area contributed by atoms with Gasteiger partial charge in [-0.15, -0.1) is 0 Å². The molecule has 0 bridgehead atoms. The largest absolute Gasteiger partial charge is 0.504 e. The summed E-state index contributed by atoms with van der Waals surface area (Å²) in [6.45, 7) is 0.388. The summed E-state index contributed by atoms with van der Waals surface area (Å²) in [5.74, 6) is 0.621. The van der Waals surface area contributed by atoms with Gasteiger partial charge in [-0.05, 0) is 24.3 Å². The molecule has 1 heterocycles. The third-order valence-electron chi connectivity index (χ3n) is 2.98. The standard InChI is InChI=1S/C15H12ClNO2/c16-11-5-6-12-10(8-17-13(12)7-11)9-19-15-4-2-1-3-14(15)18/h1-8,17-18H,9H2. The van der Waals surface area contributed by atoms with Crippen molar-refractivity contribution in [2.24, 2.45) is 0 Å². The fourth-order valence-corrected chi connectivity index (χ4v) is 2.18. The third-order valence-corrected chi connectivity index (χ3v) is 3.21. The van der Waals surface area contributed by atoms with Gasteiger partial charge in [0.15, 0.2) is 11.5 Å². The summed E-state index contributed by atoms with van der Waals surface area (Å²) in [4.78, 5) is 3.15. The van der Waals surface area contributed by atoms with Crippen molar-refractivity contribution >= 4 is 22.5 Å². The number of aromatic nitrogens is 1. The van der Waals surface area contributed by atoms with E-state index in [0.717, 1.165) is 16.5 Å². The predicted molar refractivity (Wildman–Crippen MR) is 75.7 cm³/mol. The molecule has 0 atom stereocenters. The highest BCUT2D eigenvalue weighted by Crippen LogP contribution is 2.27. The van der Waals surface area contributed by atoms with E-state index in [4.69, 9.17) is 16.3 Å². The van der Waals surface area contributed by atoms with Gasteiger partial charge in [0, 0.05) is 27.7 Å². The summed E-state index contributed by atoms with van der Waals surface area (Å²) < 4.78 is 5.62.